The summed E-state index contributed by atoms with van der Waals surface area (Å²) in [4.78, 5) is 4.00. The summed E-state index contributed by atoms with van der Waals surface area (Å²) in [5.41, 5.74) is 1.30. The molecule has 2 N–H and O–H groups in total. The SMILES string of the molecule is CCC(CNC)CNCc1ccncc1. The van der Waals surface area contributed by atoms with Crippen molar-refractivity contribution >= 4 is 0 Å². The topological polar surface area (TPSA) is 37.0 Å². The molecule has 1 unspecified atom stereocenters. The van der Waals surface area contributed by atoms with Gasteiger partial charge in [0, 0.05) is 18.9 Å². The number of nitrogens with one attached hydrogen (secondary N) is 2. The largest absolute Gasteiger partial charge is 0.319 e. The fraction of sp³-hybridized carbons (Fsp3) is 0.583. The summed E-state index contributed by atoms with van der Waals surface area (Å²) in [6.07, 6.45) is 4.88. The van der Waals surface area contributed by atoms with Crippen LogP contribution in [0.5, 0.6) is 0 Å². The van der Waals surface area contributed by atoms with Crippen molar-refractivity contribution < 1.29 is 0 Å². The Morgan fingerprint density at radius 1 is 1.27 bits per heavy atom. The Hall–Kier alpha value is -0.930. The average Bonchev–Trinajstić information content (AvgIpc) is 2.29. The van der Waals surface area contributed by atoms with Crippen LogP contribution in [0.3, 0.4) is 0 Å². The number of hydrogen-bond donors (Lipinski definition) is 2. The first kappa shape index (κ1) is 12.1. The van der Waals surface area contributed by atoms with Crippen LogP contribution in [0.1, 0.15) is 18.9 Å². The molecule has 0 aliphatic heterocycles. The molecule has 0 aromatic carbocycles. The van der Waals surface area contributed by atoms with Crippen molar-refractivity contribution in [2.75, 3.05) is 20.1 Å². The van der Waals surface area contributed by atoms with Crippen molar-refractivity contribution in [2.45, 2.75) is 19.9 Å². The predicted octanol–water partition coefficient (Wildman–Crippen LogP) is 1.42. The molecule has 0 saturated heterocycles. The third-order valence-electron chi connectivity index (χ3n) is 2.58. The van der Waals surface area contributed by atoms with E-state index in [-0.39, 0.29) is 0 Å². The van der Waals surface area contributed by atoms with Crippen molar-refractivity contribution in [3.05, 3.63) is 30.1 Å². The zero-order valence-electron chi connectivity index (χ0n) is 9.66. The molecule has 1 atom stereocenters. The van der Waals surface area contributed by atoms with Gasteiger partial charge in [0.25, 0.3) is 0 Å². The maximum atomic E-state index is 4.00. The Morgan fingerprint density at radius 3 is 2.60 bits per heavy atom. The highest BCUT2D eigenvalue weighted by molar-refractivity contribution is 5.08. The third-order valence-corrected chi connectivity index (χ3v) is 2.58. The molecule has 84 valence electrons. The normalized spacial score (nSPS) is 12.7. The molecule has 0 spiro atoms. The molecule has 3 nitrogen and oxygen atoms in total. The Bertz CT molecular complexity index is 248. The van der Waals surface area contributed by atoms with Crippen LogP contribution in [0.2, 0.25) is 0 Å². The van der Waals surface area contributed by atoms with Crippen molar-refractivity contribution in [3.8, 4) is 0 Å². The van der Waals surface area contributed by atoms with Crippen LogP contribution in [-0.2, 0) is 6.54 Å². The molecular weight excluding hydrogens is 186 g/mol. The first-order chi connectivity index (χ1) is 7.36. The smallest absolute Gasteiger partial charge is 0.0271 e. The summed E-state index contributed by atoms with van der Waals surface area (Å²) in [5.74, 6) is 0.719. The highest BCUT2D eigenvalue weighted by Gasteiger charge is 2.03. The van der Waals surface area contributed by atoms with Crippen LogP contribution in [0.15, 0.2) is 24.5 Å². The minimum absolute atomic E-state index is 0.719. The minimum atomic E-state index is 0.719. The molecule has 0 aliphatic carbocycles. The van der Waals surface area contributed by atoms with Gasteiger partial charge < -0.3 is 10.6 Å². The fourth-order valence-electron chi connectivity index (χ4n) is 1.57. The fourth-order valence-corrected chi connectivity index (χ4v) is 1.57. The van der Waals surface area contributed by atoms with Gasteiger partial charge in [0.1, 0.15) is 0 Å². The second kappa shape index (κ2) is 7.37. The van der Waals surface area contributed by atoms with Gasteiger partial charge in [-0.15, -0.1) is 0 Å². The van der Waals surface area contributed by atoms with E-state index in [4.69, 9.17) is 0 Å². The van der Waals surface area contributed by atoms with Crippen LogP contribution in [0.4, 0.5) is 0 Å². The molecule has 1 aromatic heterocycles. The summed E-state index contributed by atoms with van der Waals surface area (Å²) >= 11 is 0. The van der Waals surface area contributed by atoms with E-state index in [9.17, 15) is 0 Å². The van der Waals surface area contributed by atoms with Gasteiger partial charge in [0.15, 0.2) is 0 Å². The van der Waals surface area contributed by atoms with Gasteiger partial charge in [-0.05, 0) is 43.8 Å². The first-order valence-electron chi connectivity index (χ1n) is 5.61. The van der Waals surface area contributed by atoms with Crippen molar-refractivity contribution in [3.63, 3.8) is 0 Å². The lowest BCUT2D eigenvalue weighted by molar-refractivity contribution is 0.445. The summed E-state index contributed by atoms with van der Waals surface area (Å²) in [6.45, 7) is 5.32. The van der Waals surface area contributed by atoms with E-state index in [2.05, 4.69) is 22.5 Å². The number of hydrogen-bond acceptors (Lipinski definition) is 3. The van der Waals surface area contributed by atoms with E-state index in [1.165, 1.54) is 12.0 Å². The van der Waals surface area contributed by atoms with Crippen molar-refractivity contribution in [1.82, 2.24) is 15.6 Å². The number of aromatic nitrogens is 1. The van der Waals surface area contributed by atoms with E-state index < -0.39 is 0 Å². The zero-order chi connectivity index (χ0) is 10.9. The number of nitrogens with zero attached hydrogens (tertiary/aromatic N) is 1. The molecule has 1 heterocycles. The lowest BCUT2D eigenvalue weighted by Crippen LogP contribution is -2.29. The lowest BCUT2D eigenvalue weighted by atomic mass is 10.1. The van der Waals surface area contributed by atoms with Gasteiger partial charge in [-0.1, -0.05) is 13.3 Å². The van der Waals surface area contributed by atoms with Crippen LogP contribution in [-0.4, -0.2) is 25.1 Å². The summed E-state index contributed by atoms with van der Waals surface area (Å²) in [6, 6.07) is 4.10. The monoisotopic (exact) mass is 207 g/mol. The Labute approximate surface area is 92.3 Å². The molecule has 0 amide bonds. The Kier molecular flexibility index (Phi) is 5.97. The van der Waals surface area contributed by atoms with Crippen molar-refractivity contribution in [2.24, 2.45) is 5.92 Å². The second-order valence-corrected chi connectivity index (χ2v) is 3.82. The maximum Gasteiger partial charge on any atom is 0.0271 e. The molecule has 0 bridgehead atoms. The van der Waals surface area contributed by atoms with E-state index in [1.54, 1.807) is 0 Å². The summed E-state index contributed by atoms with van der Waals surface area (Å²) in [7, 11) is 2.01. The highest BCUT2D eigenvalue weighted by atomic mass is 14.9. The third kappa shape index (κ3) is 4.91. The number of rotatable bonds is 7. The van der Waals surface area contributed by atoms with Crippen LogP contribution >= 0.6 is 0 Å². The molecule has 0 saturated carbocycles. The van der Waals surface area contributed by atoms with Gasteiger partial charge in [0.05, 0.1) is 0 Å². The second-order valence-electron chi connectivity index (χ2n) is 3.82. The van der Waals surface area contributed by atoms with E-state index >= 15 is 0 Å². The van der Waals surface area contributed by atoms with Crippen LogP contribution < -0.4 is 10.6 Å². The van der Waals surface area contributed by atoms with Gasteiger partial charge in [-0.3, -0.25) is 4.98 Å². The van der Waals surface area contributed by atoms with Crippen molar-refractivity contribution in [1.29, 1.82) is 0 Å². The Balaban J connectivity index is 2.20. The zero-order valence-corrected chi connectivity index (χ0v) is 9.66. The predicted molar refractivity (Wildman–Crippen MR) is 63.7 cm³/mol. The first-order valence-corrected chi connectivity index (χ1v) is 5.61. The van der Waals surface area contributed by atoms with Gasteiger partial charge in [0.2, 0.25) is 0 Å². The summed E-state index contributed by atoms with van der Waals surface area (Å²) < 4.78 is 0. The quantitative estimate of drug-likeness (QED) is 0.710. The molecule has 0 radical (unpaired) electrons. The van der Waals surface area contributed by atoms with E-state index in [0.717, 1.165) is 25.6 Å². The summed E-state index contributed by atoms with van der Waals surface area (Å²) in [5, 5.41) is 6.69. The lowest BCUT2D eigenvalue weighted by Gasteiger charge is -2.14. The van der Waals surface area contributed by atoms with Crippen LogP contribution in [0, 0.1) is 5.92 Å². The highest BCUT2D eigenvalue weighted by Crippen LogP contribution is 2.00. The number of pyridine rings is 1. The molecular formula is C12H21N3. The molecule has 15 heavy (non-hydrogen) atoms. The minimum Gasteiger partial charge on any atom is -0.319 e. The standard InChI is InChI=1S/C12H21N3/c1-3-11(8-13-2)9-15-10-12-4-6-14-7-5-12/h4-7,11,13,15H,3,8-10H2,1-2H3. The van der Waals surface area contributed by atoms with Gasteiger partial charge in [-0.2, -0.15) is 0 Å². The molecule has 1 rings (SSSR count). The Morgan fingerprint density at radius 2 is 2.00 bits per heavy atom. The maximum absolute atomic E-state index is 4.00. The molecule has 3 heteroatoms. The molecule has 0 aliphatic rings. The van der Waals surface area contributed by atoms with Crippen LogP contribution in [0.25, 0.3) is 0 Å². The average molecular weight is 207 g/mol. The molecule has 1 aromatic rings. The molecule has 0 fully saturated rings. The van der Waals surface area contributed by atoms with E-state index in [1.807, 2.05) is 31.6 Å². The van der Waals surface area contributed by atoms with Gasteiger partial charge in [-0.25, -0.2) is 0 Å². The van der Waals surface area contributed by atoms with Gasteiger partial charge >= 0.3 is 0 Å². The van der Waals surface area contributed by atoms with E-state index in [0.29, 0.717) is 0 Å².